The highest BCUT2D eigenvalue weighted by Crippen LogP contribution is 2.34. The second-order valence-corrected chi connectivity index (χ2v) is 8.39. The van der Waals surface area contributed by atoms with Gasteiger partial charge >= 0.3 is 0 Å². The number of hydrogen-bond acceptors (Lipinski definition) is 4. The van der Waals surface area contributed by atoms with Crippen molar-refractivity contribution in [3.8, 4) is 5.75 Å². The quantitative estimate of drug-likeness (QED) is 0.728. The summed E-state index contributed by atoms with van der Waals surface area (Å²) in [5.74, 6) is 1.62. The van der Waals surface area contributed by atoms with Crippen LogP contribution in [0.4, 0.5) is 0 Å². The molecule has 3 atom stereocenters. The summed E-state index contributed by atoms with van der Waals surface area (Å²) in [6, 6.07) is 19.8. The fourth-order valence-electron chi connectivity index (χ4n) is 4.95. The van der Waals surface area contributed by atoms with Crippen molar-refractivity contribution in [2.45, 2.75) is 25.0 Å². The zero-order chi connectivity index (χ0) is 19.8. The molecule has 5 rings (SSSR count). The first-order valence-corrected chi connectivity index (χ1v) is 10.4. The maximum absolute atomic E-state index is 12.1. The van der Waals surface area contributed by atoms with Crippen LogP contribution in [0, 0.1) is 5.92 Å². The molecular weight excluding hydrogens is 364 g/mol. The fourth-order valence-corrected chi connectivity index (χ4v) is 4.95. The standard InChI is InChI=1S/C24H26N2O3/c27-21(16-29-22-9-8-18-4-1-2-5-19(18)11-22)15-25-12-17-10-20(14-25)23-6-3-7-24(28)26(23)13-17/h1-9,11,17,20-21,27H,10,12-16H2. The third-order valence-corrected chi connectivity index (χ3v) is 6.19. The summed E-state index contributed by atoms with van der Waals surface area (Å²) in [6.45, 7) is 3.46. The lowest BCUT2D eigenvalue weighted by Gasteiger charge is -2.43. The number of ether oxygens (including phenoxy) is 1. The molecule has 0 spiro atoms. The summed E-state index contributed by atoms with van der Waals surface area (Å²) >= 11 is 0. The Morgan fingerprint density at radius 1 is 1.00 bits per heavy atom. The molecule has 0 aliphatic carbocycles. The van der Waals surface area contributed by atoms with Crippen LogP contribution >= 0.6 is 0 Å². The van der Waals surface area contributed by atoms with E-state index in [1.54, 1.807) is 6.07 Å². The number of nitrogens with zero attached hydrogens (tertiary/aromatic N) is 2. The van der Waals surface area contributed by atoms with Crippen LogP contribution in [-0.4, -0.2) is 46.9 Å². The first-order valence-electron chi connectivity index (χ1n) is 10.4. The van der Waals surface area contributed by atoms with Crippen molar-refractivity contribution in [1.82, 2.24) is 9.47 Å². The van der Waals surface area contributed by atoms with Crippen LogP contribution in [0.5, 0.6) is 5.75 Å². The van der Waals surface area contributed by atoms with Gasteiger partial charge in [-0.15, -0.1) is 0 Å². The van der Waals surface area contributed by atoms with Gasteiger partial charge in [-0.2, -0.15) is 0 Å². The number of fused-ring (bicyclic) bond motifs is 5. The minimum absolute atomic E-state index is 0.106. The highest BCUT2D eigenvalue weighted by molar-refractivity contribution is 5.83. The molecule has 0 saturated carbocycles. The Bertz CT molecular complexity index is 1080. The van der Waals surface area contributed by atoms with Crippen LogP contribution in [0.1, 0.15) is 18.0 Å². The van der Waals surface area contributed by atoms with E-state index in [0.29, 0.717) is 18.4 Å². The Hall–Kier alpha value is -2.63. The fraction of sp³-hybridized carbons (Fsp3) is 0.375. The number of likely N-dealkylation sites (tertiary alicyclic amines) is 1. The Morgan fingerprint density at radius 2 is 1.86 bits per heavy atom. The van der Waals surface area contributed by atoms with Gasteiger partial charge in [-0.1, -0.05) is 36.4 Å². The lowest BCUT2D eigenvalue weighted by molar-refractivity contribution is 0.0384. The van der Waals surface area contributed by atoms with Gasteiger partial charge in [-0.05, 0) is 41.3 Å². The monoisotopic (exact) mass is 390 g/mol. The molecule has 3 heterocycles. The number of piperidine rings is 1. The summed E-state index contributed by atoms with van der Waals surface area (Å²) in [6.07, 6.45) is 0.585. The van der Waals surface area contributed by atoms with Crippen molar-refractivity contribution < 1.29 is 9.84 Å². The lowest BCUT2D eigenvalue weighted by atomic mass is 9.83. The van der Waals surface area contributed by atoms with Crippen molar-refractivity contribution >= 4 is 10.8 Å². The molecular formula is C24H26N2O3. The van der Waals surface area contributed by atoms with Crippen molar-refractivity contribution in [2.75, 3.05) is 26.2 Å². The van der Waals surface area contributed by atoms with Crippen LogP contribution in [0.3, 0.4) is 0 Å². The molecule has 5 heteroatoms. The summed E-state index contributed by atoms with van der Waals surface area (Å²) in [5, 5.41) is 12.9. The van der Waals surface area contributed by atoms with Gasteiger partial charge in [0.15, 0.2) is 0 Å². The van der Waals surface area contributed by atoms with Crippen molar-refractivity contribution in [1.29, 1.82) is 0 Å². The summed E-state index contributed by atoms with van der Waals surface area (Å²) in [4.78, 5) is 14.5. The van der Waals surface area contributed by atoms with Crippen LogP contribution in [0.15, 0.2) is 65.5 Å². The van der Waals surface area contributed by atoms with E-state index in [-0.39, 0.29) is 12.2 Å². The van der Waals surface area contributed by atoms with E-state index in [1.807, 2.05) is 41.0 Å². The molecule has 2 aromatic carbocycles. The van der Waals surface area contributed by atoms with E-state index in [0.717, 1.165) is 42.9 Å². The van der Waals surface area contributed by atoms with Gasteiger partial charge in [0.25, 0.3) is 5.56 Å². The summed E-state index contributed by atoms with van der Waals surface area (Å²) in [5.41, 5.74) is 1.25. The molecule has 1 saturated heterocycles. The number of aliphatic hydroxyl groups excluding tert-OH is 1. The van der Waals surface area contributed by atoms with Gasteiger partial charge in [0.2, 0.25) is 0 Å². The normalized spacial score (nSPS) is 22.2. The maximum atomic E-state index is 12.1. The van der Waals surface area contributed by atoms with Gasteiger partial charge < -0.3 is 14.4 Å². The van der Waals surface area contributed by atoms with Crippen LogP contribution < -0.4 is 10.3 Å². The minimum atomic E-state index is -0.543. The Labute approximate surface area is 170 Å². The molecule has 3 aromatic rings. The van der Waals surface area contributed by atoms with Crippen molar-refractivity contribution in [2.24, 2.45) is 5.92 Å². The highest BCUT2D eigenvalue weighted by atomic mass is 16.5. The smallest absolute Gasteiger partial charge is 0.250 e. The van der Waals surface area contributed by atoms with E-state index in [4.69, 9.17) is 4.74 Å². The summed E-state index contributed by atoms with van der Waals surface area (Å²) in [7, 11) is 0. The molecule has 0 amide bonds. The van der Waals surface area contributed by atoms with E-state index in [2.05, 4.69) is 23.1 Å². The van der Waals surface area contributed by atoms with Crippen LogP contribution in [0.25, 0.3) is 10.8 Å². The second kappa shape index (κ2) is 7.65. The van der Waals surface area contributed by atoms with Gasteiger partial charge in [0.1, 0.15) is 18.5 Å². The van der Waals surface area contributed by atoms with E-state index < -0.39 is 6.10 Å². The van der Waals surface area contributed by atoms with Crippen LogP contribution in [0.2, 0.25) is 0 Å². The molecule has 1 fully saturated rings. The van der Waals surface area contributed by atoms with E-state index in [1.165, 1.54) is 5.39 Å². The lowest BCUT2D eigenvalue weighted by Crippen LogP contribution is -2.49. The van der Waals surface area contributed by atoms with Gasteiger partial charge in [0.05, 0.1) is 0 Å². The molecule has 0 radical (unpaired) electrons. The van der Waals surface area contributed by atoms with Crippen LogP contribution in [-0.2, 0) is 6.54 Å². The third-order valence-electron chi connectivity index (χ3n) is 6.19. The Kier molecular flexibility index (Phi) is 4.86. The van der Waals surface area contributed by atoms with Gasteiger partial charge in [0, 0.05) is 43.9 Å². The summed E-state index contributed by atoms with van der Waals surface area (Å²) < 4.78 is 7.80. The average Bonchev–Trinajstić information content (AvgIpc) is 2.73. The molecule has 1 N–H and O–H groups in total. The van der Waals surface area contributed by atoms with Gasteiger partial charge in [-0.25, -0.2) is 0 Å². The first-order chi connectivity index (χ1) is 14.2. The number of aliphatic hydroxyl groups is 1. The largest absolute Gasteiger partial charge is 0.491 e. The van der Waals surface area contributed by atoms with E-state index >= 15 is 0 Å². The van der Waals surface area contributed by atoms with Crippen molar-refractivity contribution in [3.05, 3.63) is 76.7 Å². The SMILES string of the molecule is O=c1cccc2n1CC1CC2CN(CC(O)COc2ccc3ccccc3c2)C1. The zero-order valence-corrected chi connectivity index (χ0v) is 16.4. The molecule has 29 heavy (non-hydrogen) atoms. The minimum Gasteiger partial charge on any atom is -0.491 e. The number of hydrogen-bond donors (Lipinski definition) is 1. The molecule has 3 unspecified atom stereocenters. The second-order valence-electron chi connectivity index (χ2n) is 8.39. The average molecular weight is 390 g/mol. The van der Waals surface area contributed by atoms with Crippen molar-refractivity contribution in [3.63, 3.8) is 0 Å². The molecule has 2 aliphatic rings. The highest BCUT2D eigenvalue weighted by Gasteiger charge is 2.34. The molecule has 1 aromatic heterocycles. The number of rotatable bonds is 5. The molecule has 150 valence electrons. The Balaban J connectivity index is 1.20. The third kappa shape index (κ3) is 3.80. The first kappa shape index (κ1) is 18.4. The van der Waals surface area contributed by atoms with Gasteiger partial charge in [-0.3, -0.25) is 9.69 Å². The molecule has 2 bridgehead atoms. The number of pyridine rings is 1. The number of β-amino-alcohol motifs (C(OH)–C–C–N with tert-alkyl or cyclic N) is 1. The van der Waals surface area contributed by atoms with E-state index in [9.17, 15) is 9.90 Å². The predicted molar refractivity (Wildman–Crippen MR) is 113 cm³/mol. The molecule has 5 nitrogen and oxygen atoms in total. The molecule has 2 aliphatic heterocycles. The zero-order valence-electron chi connectivity index (χ0n) is 16.4. The number of aromatic nitrogens is 1. The predicted octanol–water partition coefficient (Wildman–Crippen LogP) is 2.86. The number of benzene rings is 2. The topological polar surface area (TPSA) is 54.7 Å². The Morgan fingerprint density at radius 3 is 2.76 bits per heavy atom. The maximum Gasteiger partial charge on any atom is 0.250 e.